The number of aromatic nitrogens is 2. The largest absolute Gasteiger partial charge is 0.306 e. The highest BCUT2D eigenvalue weighted by Crippen LogP contribution is 2.27. The van der Waals surface area contributed by atoms with E-state index < -0.39 is 0 Å². The molecule has 0 atom stereocenters. The predicted octanol–water partition coefficient (Wildman–Crippen LogP) is 2.45. The van der Waals surface area contributed by atoms with Crippen molar-refractivity contribution in [3.05, 3.63) is 35.9 Å². The van der Waals surface area contributed by atoms with Crippen LogP contribution in [-0.2, 0) is 0 Å². The van der Waals surface area contributed by atoms with Gasteiger partial charge in [0.1, 0.15) is 5.82 Å². The molecule has 90 valence electrons. The Morgan fingerprint density at radius 2 is 2.00 bits per heavy atom. The van der Waals surface area contributed by atoms with Gasteiger partial charge in [0.2, 0.25) is 0 Å². The summed E-state index contributed by atoms with van der Waals surface area (Å²) >= 11 is 0. The number of hydrogen-bond acceptors (Lipinski definition) is 2. The lowest BCUT2D eigenvalue weighted by atomic mass is 9.96. The SMILES string of the molecule is Cc1ccc2cnc(C3CCN(C)CC3)n2c1. The van der Waals surface area contributed by atoms with Crippen molar-refractivity contribution in [1.29, 1.82) is 0 Å². The monoisotopic (exact) mass is 229 g/mol. The van der Waals surface area contributed by atoms with Gasteiger partial charge in [0.15, 0.2) is 0 Å². The second-order valence-electron chi connectivity index (χ2n) is 5.20. The van der Waals surface area contributed by atoms with Crippen LogP contribution in [0.1, 0.15) is 30.1 Å². The fourth-order valence-corrected chi connectivity index (χ4v) is 2.69. The van der Waals surface area contributed by atoms with Crippen molar-refractivity contribution in [2.24, 2.45) is 0 Å². The number of likely N-dealkylation sites (tertiary alicyclic amines) is 1. The normalized spacial score (nSPS) is 18.9. The minimum absolute atomic E-state index is 0.621. The molecule has 1 aliphatic rings. The standard InChI is InChI=1S/C14H19N3/c1-11-3-4-13-9-15-14(17(13)10-11)12-5-7-16(2)8-6-12/h3-4,9-10,12H,5-8H2,1-2H3. The maximum atomic E-state index is 4.63. The van der Waals surface area contributed by atoms with E-state index in [4.69, 9.17) is 0 Å². The van der Waals surface area contributed by atoms with Crippen LogP contribution in [-0.4, -0.2) is 34.4 Å². The molecule has 0 aliphatic carbocycles. The summed E-state index contributed by atoms with van der Waals surface area (Å²) in [4.78, 5) is 7.03. The number of nitrogens with zero attached hydrogens (tertiary/aromatic N) is 3. The lowest BCUT2D eigenvalue weighted by Gasteiger charge is -2.28. The zero-order valence-electron chi connectivity index (χ0n) is 10.6. The summed E-state index contributed by atoms with van der Waals surface area (Å²) in [5.41, 5.74) is 2.51. The summed E-state index contributed by atoms with van der Waals surface area (Å²) in [6, 6.07) is 4.30. The van der Waals surface area contributed by atoms with Crippen molar-refractivity contribution >= 4 is 5.52 Å². The van der Waals surface area contributed by atoms with Gasteiger partial charge in [-0.25, -0.2) is 4.98 Å². The Balaban J connectivity index is 1.97. The van der Waals surface area contributed by atoms with Crippen LogP contribution in [0.3, 0.4) is 0 Å². The van der Waals surface area contributed by atoms with E-state index in [1.807, 2.05) is 6.20 Å². The van der Waals surface area contributed by atoms with Gasteiger partial charge in [-0.3, -0.25) is 0 Å². The molecule has 0 bridgehead atoms. The molecule has 17 heavy (non-hydrogen) atoms. The molecule has 0 saturated carbocycles. The third-order valence-electron chi connectivity index (χ3n) is 3.79. The van der Waals surface area contributed by atoms with Crippen molar-refractivity contribution in [2.75, 3.05) is 20.1 Å². The van der Waals surface area contributed by atoms with Gasteiger partial charge < -0.3 is 9.30 Å². The first-order valence-electron chi connectivity index (χ1n) is 6.36. The highest BCUT2D eigenvalue weighted by Gasteiger charge is 2.21. The highest BCUT2D eigenvalue weighted by molar-refractivity contribution is 5.47. The Morgan fingerprint density at radius 3 is 2.76 bits per heavy atom. The zero-order chi connectivity index (χ0) is 11.8. The predicted molar refractivity (Wildman–Crippen MR) is 69.4 cm³/mol. The van der Waals surface area contributed by atoms with Crippen LogP contribution < -0.4 is 0 Å². The molecule has 0 N–H and O–H groups in total. The van der Waals surface area contributed by atoms with Gasteiger partial charge in [0.25, 0.3) is 0 Å². The molecule has 3 heteroatoms. The average Bonchev–Trinajstić information content (AvgIpc) is 2.73. The number of rotatable bonds is 1. The molecule has 0 radical (unpaired) electrons. The van der Waals surface area contributed by atoms with E-state index in [0.29, 0.717) is 5.92 Å². The number of aryl methyl sites for hydroxylation is 1. The topological polar surface area (TPSA) is 20.5 Å². The van der Waals surface area contributed by atoms with Crippen molar-refractivity contribution in [1.82, 2.24) is 14.3 Å². The first kappa shape index (κ1) is 10.8. The minimum atomic E-state index is 0.621. The van der Waals surface area contributed by atoms with Crippen molar-refractivity contribution < 1.29 is 0 Å². The Hall–Kier alpha value is -1.35. The molecular weight excluding hydrogens is 210 g/mol. The van der Waals surface area contributed by atoms with Crippen LogP contribution in [0.2, 0.25) is 0 Å². The Kier molecular flexibility index (Phi) is 2.63. The molecule has 3 nitrogen and oxygen atoms in total. The molecule has 1 fully saturated rings. The molecule has 0 amide bonds. The zero-order valence-corrected chi connectivity index (χ0v) is 10.6. The second kappa shape index (κ2) is 4.15. The highest BCUT2D eigenvalue weighted by atomic mass is 15.1. The quantitative estimate of drug-likeness (QED) is 0.748. The summed E-state index contributed by atoms with van der Waals surface area (Å²) in [5, 5.41) is 0. The Morgan fingerprint density at radius 1 is 1.24 bits per heavy atom. The fourth-order valence-electron chi connectivity index (χ4n) is 2.69. The summed E-state index contributed by atoms with van der Waals surface area (Å²) in [7, 11) is 2.20. The van der Waals surface area contributed by atoms with Crippen molar-refractivity contribution in [3.63, 3.8) is 0 Å². The second-order valence-corrected chi connectivity index (χ2v) is 5.20. The van der Waals surface area contributed by atoms with Gasteiger partial charge in [0, 0.05) is 12.1 Å². The number of imidazole rings is 1. The molecule has 1 saturated heterocycles. The summed E-state index contributed by atoms with van der Waals surface area (Å²) in [6.45, 7) is 4.51. The number of piperidine rings is 1. The van der Waals surface area contributed by atoms with Crippen LogP contribution in [0.25, 0.3) is 5.52 Å². The molecule has 2 aromatic heterocycles. The van der Waals surface area contributed by atoms with E-state index >= 15 is 0 Å². The van der Waals surface area contributed by atoms with Crippen LogP contribution in [0.4, 0.5) is 0 Å². The van der Waals surface area contributed by atoms with Crippen molar-refractivity contribution in [2.45, 2.75) is 25.7 Å². The Bertz CT molecular complexity index is 521. The third-order valence-corrected chi connectivity index (χ3v) is 3.79. The van der Waals surface area contributed by atoms with Crippen LogP contribution in [0, 0.1) is 6.92 Å². The van der Waals surface area contributed by atoms with Crippen LogP contribution in [0.15, 0.2) is 24.5 Å². The molecule has 3 rings (SSSR count). The van der Waals surface area contributed by atoms with E-state index in [1.165, 1.54) is 42.8 Å². The Labute approximate surface area is 102 Å². The van der Waals surface area contributed by atoms with Crippen LogP contribution in [0.5, 0.6) is 0 Å². The molecule has 0 spiro atoms. The number of hydrogen-bond donors (Lipinski definition) is 0. The van der Waals surface area contributed by atoms with E-state index in [9.17, 15) is 0 Å². The van der Waals surface area contributed by atoms with Gasteiger partial charge in [-0.05, 0) is 51.5 Å². The fraction of sp³-hybridized carbons (Fsp3) is 0.500. The van der Waals surface area contributed by atoms with Gasteiger partial charge in [-0.1, -0.05) is 6.07 Å². The first-order chi connectivity index (χ1) is 8.24. The molecule has 0 unspecified atom stereocenters. The molecule has 2 aromatic rings. The summed E-state index contributed by atoms with van der Waals surface area (Å²) in [6.07, 6.45) is 6.65. The lowest BCUT2D eigenvalue weighted by Crippen LogP contribution is -2.29. The lowest BCUT2D eigenvalue weighted by molar-refractivity contribution is 0.251. The number of pyridine rings is 1. The van der Waals surface area contributed by atoms with E-state index in [-0.39, 0.29) is 0 Å². The number of fused-ring (bicyclic) bond motifs is 1. The molecular formula is C14H19N3. The van der Waals surface area contributed by atoms with Gasteiger partial charge in [0.05, 0.1) is 11.7 Å². The first-order valence-corrected chi connectivity index (χ1v) is 6.36. The maximum absolute atomic E-state index is 4.63. The van der Waals surface area contributed by atoms with E-state index in [0.717, 1.165) is 0 Å². The van der Waals surface area contributed by atoms with Gasteiger partial charge in [-0.15, -0.1) is 0 Å². The third kappa shape index (κ3) is 1.95. The summed E-state index contributed by atoms with van der Waals surface area (Å²) < 4.78 is 2.27. The molecule has 0 aromatic carbocycles. The van der Waals surface area contributed by atoms with Crippen molar-refractivity contribution in [3.8, 4) is 0 Å². The molecule has 3 heterocycles. The van der Waals surface area contributed by atoms with Gasteiger partial charge >= 0.3 is 0 Å². The minimum Gasteiger partial charge on any atom is -0.306 e. The average molecular weight is 229 g/mol. The van der Waals surface area contributed by atoms with Crippen LogP contribution >= 0.6 is 0 Å². The smallest absolute Gasteiger partial charge is 0.116 e. The van der Waals surface area contributed by atoms with Gasteiger partial charge in [-0.2, -0.15) is 0 Å². The molecule has 1 aliphatic heterocycles. The van der Waals surface area contributed by atoms with E-state index in [1.54, 1.807) is 0 Å². The van der Waals surface area contributed by atoms with E-state index in [2.05, 4.69) is 46.6 Å². The summed E-state index contributed by atoms with van der Waals surface area (Å²) in [5.74, 6) is 1.87. The maximum Gasteiger partial charge on any atom is 0.116 e.